The Morgan fingerprint density at radius 3 is 0.607 bits per heavy atom. The SMILES string of the molecule is O=S(=O)([O-])c1ccc(-c2cc(S(=O)(=O)c3cc(-c4ccc(S(=O)(=O)[O-])cc4)c(F)c(-c4ccc(S(=O)(=O)[O-])cc4)c3)cc(-c3ccc(S(=O)(=O)[O-])cc3)c2F)cc1.[Na+].[Na+].[Na+].[Na+]. The van der Waals surface area contributed by atoms with Gasteiger partial charge in [-0.25, -0.2) is 50.9 Å². The summed E-state index contributed by atoms with van der Waals surface area (Å²) in [4.78, 5) is -4.15. The Labute approximate surface area is 438 Å². The summed E-state index contributed by atoms with van der Waals surface area (Å²) in [5, 5.41) is 0. The molecule has 6 rings (SSSR count). The van der Waals surface area contributed by atoms with Gasteiger partial charge in [0.1, 0.15) is 52.1 Å². The summed E-state index contributed by atoms with van der Waals surface area (Å²) >= 11 is 0. The van der Waals surface area contributed by atoms with Gasteiger partial charge in [-0.3, -0.25) is 0 Å². The molecule has 0 aromatic heterocycles. The van der Waals surface area contributed by atoms with Crippen LogP contribution in [0.2, 0.25) is 0 Å². The molecule has 0 aliphatic heterocycles. The van der Waals surface area contributed by atoms with E-state index in [0.29, 0.717) is 0 Å². The van der Waals surface area contributed by atoms with E-state index in [4.69, 9.17) is 0 Å². The third-order valence-corrected chi connectivity index (χ3v) is 13.6. The van der Waals surface area contributed by atoms with Gasteiger partial charge in [-0.15, -0.1) is 0 Å². The monoisotopic (exact) mass is 966 g/mol. The molecule has 14 nitrogen and oxygen atoms in total. The fourth-order valence-electron chi connectivity index (χ4n) is 5.69. The van der Waals surface area contributed by atoms with E-state index in [1.54, 1.807) is 0 Å². The number of rotatable bonds is 10. The summed E-state index contributed by atoms with van der Waals surface area (Å²) in [5.41, 5.74) is -2.47. The molecule has 0 bridgehead atoms. The normalized spacial score (nSPS) is 11.9. The number of benzene rings is 6. The van der Waals surface area contributed by atoms with Crippen LogP contribution in [0.3, 0.4) is 0 Å². The smallest absolute Gasteiger partial charge is 0.744 e. The topological polar surface area (TPSA) is 263 Å². The van der Waals surface area contributed by atoms with E-state index in [2.05, 4.69) is 0 Å². The van der Waals surface area contributed by atoms with Crippen molar-refractivity contribution in [3.63, 3.8) is 0 Å². The molecule has 61 heavy (non-hydrogen) atoms. The quantitative estimate of drug-likeness (QED) is 0.0703. The molecule has 0 unspecified atom stereocenters. The average Bonchev–Trinajstić information content (AvgIpc) is 3.14. The van der Waals surface area contributed by atoms with Gasteiger partial charge in [0.05, 0.1) is 29.4 Å². The Kier molecular flexibility index (Phi) is 19.2. The second-order valence-electron chi connectivity index (χ2n) is 12.1. The number of sulfone groups is 1. The molecule has 6 aromatic carbocycles. The molecule has 0 spiro atoms. The predicted molar refractivity (Wildman–Crippen MR) is 192 cm³/mol. The summed E-state index contributed by atoms with van der Waals surface area (Å²) < 4.78 is 201. The van der Waals surface area contributed by atoms with Crippen LogP contribution in [0, 0.1) is 11.6 Å². The van der Waals surface area contributed by atoms with Crippen LogP contribution in [0.5, 0.6) is 0 Å². The van der Waals surface area contributed by atoms with Gasteiger partial charge in [-0.05, 0) is 95.1 Å². The van der Waals surface area contributed by atoms with Crippen molar-refractivity contribution in [3.05, 3.63) is 133 Å². The summed E-state index contributed by atoms with van der Waals surface area (Å²) in [6.45, 7) is 0. The Bertz CT molecular complexity index is 2770. The van der Waals surface area contributed by atoms with Crippen molar-refractivity contribution in [1.82, 2.24) is 0 Å². The van der Waals surface area contributed by atoms with Crippen LogP contribution in [-0.2, 0) is 50.3 Å². The standard InChI is InChI=1S/C36H24F2O14S5.4Na/c37-35-31(21-1-9-25(10-2-21)54(41,42)43)17-29(18-32(35)22-3-11-26(12-4-22)55(44,45)46)53(39,40)30-19-33(23-5-13-27(14-6-23)56(47,48)49)36(38)34(20-30)24-7-15-28(16-8-24)57(50,51)52;;;;/h1-20H,(H,41,42,43)(H,44,45,46)(H,47,48,49)(H,50,51,52);;;;/q;4*+1/p-4. The number of halogens is 2. The number of hydrogen-bond donors (Lipinski definition) is 0. The van der Waals surface area contributed by atoms with Gasteiger partial charge in [-0.1, -0.05) is 48.5 Å². The van der Waals surface area contributed by atoms with E-state index in [1.165, 1.54) is 0 Å². The van der Waals surface area contributed by atoms with Crippen LogP contribution in [-0.4, -0.2) is 60.3 Å². The zero-order valence-corrected chi connectivity index (χ0v) is 44.1. The van der Waals surface area contributed by atoms with Crippen LogP contribution in [0.4, 0.5) is 8.78 Å². The molecule has 0 saturated heterocycles. The predicted octanol–water partition coefficient (Wildman–Crippen LogP) is -6.90. The Hall–Kier alpha value is -1.23. The van der Waals surface area contributed by atoms with Crippen molar-refractivity contribution in [3.8, 4) is 44.5 Å². The van der Waals surface area contributed by atoms with Crippen molar-refractivity contribution in [2.45, 2.75) is 29.4 Å². The van der Waals surface area contributed by atoms with Gasteiger partial charge in [-0.2, -0.15) is 0 Å². The third-order valence-electron chi connectivity index (χ3n) is 8.53. The molecule has 0 fully saturated rings. The molecule has 0 saturated carbocycles. The first-order chi connectivity index (χ1) is 26.4. The molecule has 25 heteroatoms. The van der Waals surface area contributed by atoms with Crippen molar-refractivity contribution in [1.29, 1.82) is 0 Å². The van der Waals surface area contributed by atoms with Crippen molar-refractivity contribution >= 4 is 50.3 Å². The van der Waals surface area contributed by atoms with Crippen LogP contribution in [0.15, 0.2) is 151 Å². The van der Waals surface area contributed by atoms with Crippen LogP contribution >= 0.6 is 0 Å². The molecule has 0 aliphatic rings. The third kappa shape index (κ3) is 12.6. The van der Waals surface area contributed by atoms with Crippen LogP contribution in [0.25, 0.3) is 44.5 Å². The summed E-state index contributed by atoms with van der Waals surface area (Å²) in [6, 6.07) is 18.3. The van der Waals surface area contributed by atoms with E-state index in [9.17, 15) is 60.3 Å². The first-order valence-electron chi connectivity index (χ1n) is 15.5. The van der Waals surface area contributed by atoms with Gasteiger partial charge in [0.25, 0.3) is 0 Å². The molecular weight excluding hydrogens is 947 g/mol. The molecule has 6 aromatic rings. The maximum Gasteiger partial charge on any atom is 1.00 e. The molecule has 0 atom stereocenters. The first kappa shape index (κ1) is 55.9. The summed E-state index contributed by atoms with van der Waals surface area (Å²) in [6.07, 6.45) is 0. The maximum atomic E-state index is 16.4. The van der Waals surface area contributed by atoms with Crippen LogP contribution < -0.4 is 118 Å². The second kappa shape index (κ2) is 20.9. The van der Waals surface area contributed by atoms with Gasteiger partial charge in [0.2, 0.25) is 9.84 Å². The largest absolute Gasteiger partial charge is 1.00 e. The molecule has 0 aliphatic carbocycles. The summed E-state index contributed by atoms with van der Waals surface area (Å²) in [5.74, 6) is -2.24. The van der Waals surface area contributed by atoms with Gasteiger partial charge >= 0.3 is 118 Å². The molecule has 296 valence electrons. The first-order valence-corrected chi connectivity index (χ1v) is 22.6. The molecule has 0 radical (unpaired) electrons. The molecule has 0 heterocycles. The van der Waals surface area contributed by atoms with Crippen molar-refractivity contribution < 1.29 is 187 Å². The zero-order valence-electron chi connectivity index (χ0n) is 32.1. The van der Waals surface area contributed by atoms with E-state index in [-0.39, 0.29) is 140 Å². The Morgan fingerprint density at radius 1 is 0.295 bits per heavy atom. The minimum absolute atomic E-state index is 0. The molecular formula is C36H20F2Na4O14S5. The van der Waals surface area contributed by atoms with Crippen molar-refractivity contribution in [2.24, 2.45) is 0 Å². The Morgan fingerprint density at radius 2 is 0.459 bits per heavy atom. The Balaban J connectivity index is 0.00000320. The second-order valence-corrected chi connectivity index (χ2v) is 19.6. The fourth-order valence-corrected chi connectivity index (χ4v) is 8.93. The van der Waals surface area contributed by atoms with Crippen molar-refractivity contribution in [2.75, 3.05) is 0 Å². The van der Waals surface area contributed by atoms with Gasteiger partial charge in [0.15, 0.2) is 0 Å². The van der Waals surface area contributed by atoms with Gasteiger partial charge in [0, 0.05) is 22.3 Å². The minimum Gasteiger partial charge on any atom is -0.744 e. The maximum absolute atomic E-state index is 16.4. The fraction of sp³-hybridized carbons (Fsp3) is 0. The van der Waals surface area contributed by atoms with Gasteiger partial charge < -0.3 is 18.2 Å². The van der Waals surface area contributed by atoms with E-state index in [0.717, 1.165) is 121 Å². The zero-order chi connectivity index (χ0) is 41.9. The van der Waals surface area contributed by atoms with E-state index >= 15 is 8.78 Å². The number of hydrogen-bond acceptors (Lipinski definition) is 14. The molecule has 0 amide bonds. The van der Waals surface area contributed by atoms with E-state index in [1.807, 2.05) is 0 Å². The average molecular weight is 967 g/mol. The summed E-state index contributed by atoms with van der Waals surface area (Å²) in [7, 11) is -24.8. The molecule has 0 N–H and O–H groups in total. The minimum atomic E-state index is -4.96. The van der Waals surface area contributed by atoms with E-state index < -0.39 is 114 Å². The van der Waals surface area contributed by atoms with Crippen LogP contribution in [0.1, 0.15) is 0 Å².